The van der Waals surface area contributed by atoms with Crippen LogP contribution >= 0.6 is 11.6 Å². The van der Waals surface area contributed by atoms with Crippen molar-refractivity contribution in [2.75, 3.05) is 6.54 Å². The standard InChI is InChI=1S/C19H16ClN3O2S/c20-16-8-4-5-9-18(16)26(24,25)23-11-10-17-15(13-23)12-21-19(22-17)14-6-2-1-3-7-14/h1-9,12H,10-11,13H2. The van der Waals surface area contributed by atoms with E-state index in [0.29, 0.717) is 18.8 Å². The number of hydrogen-bond acceptors (Lipinski definition) is 4. The van der Waals surface area contributed by atoms with Crippen LogP contribution in [-0.2, 0) is 23.0 Å². The zero-order valence-electron chi connectivity index (χ0n) is 13.8. The molecule has 0 N–H and O–H groups in total. The molecule has 132 valence electrons. The van der Waals surface area contributed by atoms with E-state index in [0.717, 1.165) is 16.8 Å². The van der Waals surface area contributed by atoms with Crippen molar-refractivity contribution in [2.24, 2.45) is 0 Å². The normalized spacial score (nSPS) is 14.8. The van der Waals surface area contributed by atoms with Gasteiger partial charge in [0.25, 0.3) is 0 Å². The number of fused-ring (bicyclic) bond motifs is 1. The van der Waals surface area contributed by atoms with Crippen LogP contribution in [0.3, 0.4) is 0 Å². The number of rotatable bonds is 3. The number of halogens is 1. The molecule has 3 aromatic rings. The molecule has 0 saturated heterocycles. The van der Waals surface area contributed by atoms with Gasteiger partial charge in [-0.3, -0.25) is 0 Å². The van der Waals surface area contributed by atoms with Gasteiger partial charge < -0.3 is 0 Å². The molecule has 1 aliphatic rings. The zero-order chi connectivity index (χ0) is 18.1. The lowest BCUT2D eigenvalue weighted by atomic mass is 10.1. The third-order valence-corrected chi connectivity index (χ3v) is 6.73. The molecule has 0 fully saturated rings. The first kappa shape index (κ1) is 17.1. The van der Waals surface area contributed by atoms with Crippen LogP contribution in [0, 0.1) is 0 Å². The van der Waals surface area contributed by atoms with Gasteiger partial charge in [-0.25, -0.2) is 18.4 Å². The molecule has 0 bridgehead atoms. The largest absolute Gasteiger partial charge is 0.244 e. The minimum absolute atomic E-state index is 0.131. The second-order valence-electron chi connectivity index (χ2n) is 6.05. The summed E-state index contributed by atoms with van der Waals surface area (Å²) in [5.41, 5.74) is 2.66. The molecule has 0 radical (unpaired) electrons. The van der Waals surface area contributed by atoms with Crippen molar-refractivity contribution in [1.82, 2.24) is 14.3 Å². The summed E-state index contributed by atoms with van der Waals surface area (Å²) in [4.78, 5) is 9.17. The molecule has 0 saturated carbocycles. The summed E-state index contributed by atoms with van der Waals surface area (Å²) in [5.74, 6) is 0.659. The Morgan fingerprint density at radius 2 is 1.73 bits per heavy atom. The first-order valence-corrected chi connectivity index (χ1v) is 10.0. The van der Waals surface area contributed by atoms with E-state index in [1.807, 2.05) is 30.3 Å². The average Bonchev–Trinajstić information content (AvgIpc) is 2.68. The van der Waals surface area contributed by atoms with Gasteiger partial charge in [0.1, 0.15) is 4.90 Å². The van der Waals surface area contributed by atoms with Crippen LogP contribution in [0.25, 0.3) is 11.4 Å². The highest BCUT2D eigenvalue weighted by Gasteiger charge is 2.30. The number of benzene rings is 2. The van der Waals surface area contributed by atoms with E-state index in [9.17, 15) is 8.42 Å². The van der Waals surface area contributed by atoms with Crippen molar-refractivity contribution in [1.29, 1.82) is 0 Å². The van der Waals surface area contributed by atoms with Gasteiger partial charge in [-0.05, 0) is 12.1 Å². The van der Waals surface area contributed by atoms with Crippen LogP contribution < -0.4 is 0 Å². The molecule has 0 atom stereocenters. The highest BCUT2D eigenvalue weighted by Crippen LogP contribution is 2.28. The topological polar surface area (TPSA) is 63.2 Å². The van der Waals surface area contributed by atoms with Gasteiger partial charge in [0.05, 0.1) is 10.7 Å². The number of sulfonamides is 1. The summed E-state index contributed by atoms with van der Waals surface area (Å²) < 4.78 is 27.2. The average molecular weight is 386 g/mol. The summed E-state index contributed by atoms with van der Waals surface area (Å²) in [6.07, 6.45) is 2.26. The third-order valence-electron chi connectivity index (χ3n) is 4.39. The van der Waals surface area contributed by atoms with Gasteiger partial charge in [0.2, 0.25) is 10.0 Å². The summed E-state index contributed by atoms with van der Waals surface area (Å²) >= 11 is 6.09. The molecule has 0 aliphatic carbocycles. The monoisotopic (exact) mass is 385 g/mol. The van der Waals surface area contributed by atoms with Gasteiger partial charge in [-0.2, -0.15) is 4.31 Å². The lowest BCUT2D eigenvalue weighted by Crippen LogP contribution is -2.36. The van der Waals surface area contributed by atoms with Crippen LogP contribution in [0.2, 0.25) is 5.02 Å². The van der Waals surface area contributed by atoms with Gasteiger partial charge in [0, 0.05) is 36.8 Å². The summed E-state index contributed by atoms with van der Waals surface area (Å²) in [7, 11) is -3.65. The molecule has 1 aliphatic heterocycles. The zero-order valence-corrected chi connectivity index (χ0v) is 15.4. The number of nitrogens with zero attached hydrogens (tertiary/aromatic N) is 3. The Hall–Kier alpha value is -2.28. The molecule has 4 rings (SSSR count). The fraction of sp³-hybridized carbons (Fsp3) is 0.158. The molecule has 0 unspecified atom stereocenters. The number of hydrogen-bond donors (Lipinski definition) is 0. The smallest absolute Gasteiger partial charge is 0.236 e. The fourth-order valence-electron chi connectivity index (χ4n) is 3.01. The predicted octanol–water partition coefficient (Wildman–Crippen LogP) is 3.54. The molecule has 1 aromatic heterocycles. The second kappa shape index (κ2) is 6.79. The maximum Gasteiger partial charge on any atom is 0.244 e. The van der Waals surface area contributed by atoms with Crippen molar-refractivity contribution in [3.8, 4) is 11.4 Å². The first-order valence-electron chi connectivity index (χ1n) is 8.20. The molecule has 2 aromatic carbocycles. The number of aromatic nitrogens is 2. The van der Waals surface area contributed by atoms with Gasteiger partial charge in [-0.15, -0.1) is 0 Å². The molecule has 7 heteroatoms. The Morgan fingerprint density at radius 3 is 2.50 bits per heavy atom. The molecule has 0 amide bonds. The van der Waals surface area contributed by atoms with E-state index in [2.05, 4.69) is 9.97 Å². The molecule has 2 heterocycles. The Kier molecular flexibility index (Phi) is 4.48. The van der Waals surface area contributed by atoms with Crippen LogP contribution in [-0.4, -0.2) is 29.2 Å². The minimum atomic E-state index is -3.65. The lowest BCUT2D eigenvalue weighted by molar-refractivity contribution is 0.387. The van der Waals surface area contributed by atoms with E-state index in [-0.39, 0.29) is 16.5 Å². The van der Waals surface area contributed by atoms with E-state index in [1.54, 1.807) is 24.4 Å². The van der Waals surface area contributed by atoms with Crippen molar-refractivity contribution in [2.45, 2.75) is 17.9 Å². The maximum absolute atomic E-state index is 12.9. The van der Waals surface area contributed by atoms with E-state index in [1.165, 1.54) is 10.4 Å². The molecule has 5 nitrogen and oxygen atoms in total. The third kappa shape index (κ3) is 3.11. The summed E-state index contributed by atoms with van der Waals surface area (Å²) in [6, 6.07) is 16.2. The Bertz CT molecular complexity index is 1060. The van der Waals surface area contributed by atoms with E-state index < -0.39 is 10.0 Å². The lowest BCUT2D eigenvalue weighted by Gasteiger charge is -2.27. The molecular weight excluding hydrogens is 370 g/mol. The maximum atomic E-state index is 12.9. The first-order chi connectivity index (χ1) is 12.6. The van der Waals surface area contributed by atoms with E-state index >= 15 is 0 Å². The second-order valence-corrected chi connectivity index (χ2v) is 8.36. The molecule has 26 heavy (non-hydrogen) atoms. The van der Waals surface area contributed by atoms with Crippen LogP contribution in [0.5, 0.6) is 0 Å². The summed E-state index contributed by atoms with van der Waals surface area (Å²) in [6.45, 7) is 0.615. The van der Waals surface area contributed by atoms with Gasteiger partial charge >= 0.3 is 0 Å². The molecule has 0 spiro atoms. The van der Waals surface area contributed by atoms with Gasteiger partial charge in [0.15, 0.2) is 5.82 Å². The highest BCUT2D eigenvalue weighted by atomic mass is 35.5. The minimum Gasteiger partial charge on any atom is -0.236 e. The van der Waals surface area contributed by atoms with Crippen LogP contribution in [0.4, 0.5) is 0 Å². The molecular formula is C19H16ClN3O2S. The Labute approximate surface area is 157 Å². The van der Waals surface area contributed by atoms with Gasteiger partial charge in [-0.1, -0.05) is 54.1 Å². The Balaban J connectivity index is 1.64. The van der Waals surface area contributed by atoms with Crippen molar-refractivity contribution >= 4 is 21.6 Å². The highest BCUT2D eigenvalue weighted by molar-refractivity contribution is 7.89. The fourth-order valence-corrected chi connectivity index (χ4v) is 4.93. The van der Waals surface area contributed by atoms with Crippen molar-refractivity contribution < 1.29 is 8.42 Å². The SMILES string of the molecule is O=S(=O)(c1ccccc1Cl)N1CCc2nc(-c3ccccc3)ncc2C1. The van der Waals surface area contributed by atoms with Crippen molar-refractivity contribution in [3.05, 3.63) is 77.1 Å². The quantitative estimate of drug-likeness (QED) is 0.691. The summed E-state index contributed by atoms with van der Waals surface area (Å²) in [5, 5.41) is 0.231. The van der Waals surface area contributed by atoms with Crippen molar-refractivity contribution in [3.63, 3.8) is 0 Å². The van der Waals surface area contributed by atoms with Crippen LogP contribution in [0.15, 0.2) is 65.7 Å². The Morgan fingerprint density at radius 1 is 1.00 bits per heavy atom. The van der Waals surface area contributed by atoms with E-state index in [4.69, 9.17) is 11.6 Å². The van der Waals surface area contributed by atoms with Crippen LogP contribution in [0.1, 0.15) is 11.3 Å². The predicted molar refractivity (Wildman–Crippen MR) is 100 cm³/mol.